The molecule has 0 radical (unpaired) electrons. The molecule has 62 valence electrons. The van der Waals surface area contributed by atoms with Gasteiger partial charge >= 0.3 is 0 Å². The van der Waals surface area contributed by atoms with Gasteiger partial charge in [0.25, 0.3) is 0 Å². The summed E-state index contributed by atoms with van der Waals surface area (Å²) in [5.41, 5.74) is 1.19. The minimum absolute atomic E-state index is 1.01. The van der Waals surface area contributed by atoms with Crippen LogP contribution in [0, 0.1) is 0 Å². The average Bonchev–Trinajstić information content (AvgIpc) is 1.92. The van der Waals surface area contributed by atoms with Gasteiger partial charge in [0.1, 0.15) is 0 Å². The van der Waals surface area contributed by atoms with Gasteiger partial charge in [-0.25, -0.2) is 0 Å². The fourth-order valence-corrected chi connectivity index (χ4v) is 0.461. The van der Waals surface area contributed by atoms with Gasteiger partial charge in [-0.2, -0.15) is 0 Å². The number of nitrogens with zero attached hydrogens (tertiary/aromatic N) is 1. The summed E-state index contributed by atoms with van der Waals surface area (Å²) in [6.45, 7) is 11.3. The maximum Gasteiger partial charge on any atom is 0.0388 e. The van der Waals surface area contributed by atoms with Crippen LogP contribution in [-0.2, 0) is 0 Å². The van der Waals surface area contributed by atoms with E-state index in [4.69, 9.17) is 0 Å². The van der Waals surface area contributed by atoms with Crippen LogP contribution >= 0.6 is 0 Å². The fourth-order valence-electron chi connectivity index (χ4n) is 0.461. The monoisotopic (exact) mass is 143 g/mol. The third kappa shape index (κ3) is 15.6. The Morgan fingerprint density at radius 2 is 1.70 bits per heavy atom. The van der Waals surface area contributed by atoms with E-state index in [1.807, 2.05) is 27.7 Å². The molecule has 0 saturated heterocycles. The summed E-state index contributed by atoms with van der Waals surface area (Å²) in [6, 6.07) is 0. The molecule has 0 aromatic heterocycles. The van der Waals surface area contributed by atoms with Gasteiger partial charge in [0.05, 0.1) is 0 Å². The number of hydrogen-bond donors (Lipinski definition) is 0. The first-order valence-corrected chi connectivity index (χ1v) is 4.25. The second-order valence-corrected chi connectivity index (χ2v) is 2.18. The maximum atomic E-state index is 4.23. The van der Waals surface area contributed by atoms with E-state index in [1.54, 1.807) is 0 Å². The standard InChI is InChI=1S/C7H15N.C2H6/c1-4-5-6-8-7(2)3;1-2/h4-6H2,1-3H3;1-2H3. The Labute approximate surface area is 65.6 Å². The van der Waals surface area contributed by atoms with Crippen molar-refractivity contribution in [1.29, 1.82) is 0 Å². The lowest BCUT2D eigenvalue weighted by atomic mass is 10.3. The second kappa shape index (κ2) is 11.5. The Bertz CT molecular complexity index is 70.8. The van der Waals surface area contributed by atoms with Crippen LogP contribution in [0.25, 0.3) is 0 Å². The third-order valence-corrected chi connectivity index (χ3v) is 0.940. The number of hydrogen-bond acceptors (Lipinski definition) is 1. The van der Waals surface area contributed by atoms with Gasteiger partial charge < -0.3 is 0 Å². The molecule has 0 spiro atoms. The van der Waals surface area contributed by atoms with Crippen LogP contribution < -0.4 is 0 Å². The van der Waals surface area contributed by atoms with Crippen LogP contribution in [0.4, 0.5) is 0 Å². The molecule has 0 fully saturated rings. The molecular formula is C9H21N. The van der Waals surface area contributed by atoms with E-state index in [9.17, 15) is 0 Å². The lowest BCUT2D eigenvalue weighted by molar-refractivity contribution is 0.807. The van der Waals surface area contributed by atoms with Gasteiger partial charge in [-0.15, -0.1) is 0 Å². The molecule has 0 atom stereocenters. The van der Waals surface area contributed by atoms with Crippen molar-refractivity contribution in [2.75, 3.05) is 6.54 Å². The van der Waals surface area contributed by atoms with Crippen LogP contribution in [0.3, 0.4) is 0 Å². The molecule has 0 aromatic carbocycles. The van der Waals surface area contributed by atoms with Crippen LogP contribution in [0.1, 0.15) is 47.5 Å². The Kier molecular flexibility index (Phi) is 14.2. The van der Waals surface area contributed by atoms with Crippen molar-refractivity contribution in [3.63, 3.8) is 0 Å². The summed E-state index contributed by atoms with van der Waals surface area (Å²) in [7, 11) is 0. The van der Waals surface area contributed by atoms with Crippen molar-refractivity contribution >= 4 is 5.71 Å². The topological polar surface area (TPSA) is 12.4 Å². The number of aliphatic imine (C=N–C) groups is 1. The van der Waals surface area contributed by atoms with Crippen molar-refractivity contribution in [3.8, 4) is 0 Å². The number of rotatable bonds is 3. The Morgan fingerprint density at radius 3 is 2.00 bits per heavy atom. The molecule has 10 heavy (non-hydrogen) atoms. The van der Waals surface area contributed by atoms with Gasteiger partial charge in [-0.1, -0.05) is 27.2 Å². The normalized spacial score (nSPS) is 7.70. The lowest BCUT2D eigenvalue weighted by Gasteiger charge is -1.89. The summed E-state index contributed by atoms with van der Waals surface area (Å²) in [5, 5.41) is 0. The third-order valence-electron chi connectivity index (χ3n) is 0.940. The zero-order chi connectivity index (χ0) is 8.41. The zero-order valence-electron chi connectivity index (χ0n) is 8.07. The zero-order valence-corrected chi connectivity index (χ0v) is 8.07. The van der Waals surface area contributed by atoms with Crippen molar-refractivity contribution in [2.24, 2.45) is 4.99 Å². The van der Waals surface area contributed by atoms with Crippen molar-refractivity contribution in [2.45, 2.75) is 47.5 Å². The summed E-state index contributed by atoms with van der Waals surface area (Å²) >= 11 is 0. The van der Waals surface area contributed by atoms with Gasteiger partial charge in [0.2, 0.25) is 0 Å². The Hall–Kier alpha value is -0.330. The molecule has 0 N–H and O–H groups in total. The van der Waals surface area contributed by atoms with E-state index in [0.29, 0.717) is 0 Å². The van der Waals surface area contributed by atoms with Crippen molar-refractivity contribution in [3.05, 3.63) is 0 Å². The highest BCUT2D eigenvalue weighted by Gasteiger charge is 1.78. The molecule has 0 aromatic rings. The van der Waals surface area contributed by atoms with Gasteiger partial charge in [-0.3, -0.25) is 4.99 Å². The smallest absolute Gasteiger partial charge is 0.0388 e. The first-order valence-electron chi connectivity index (χ1n) is 4.25. The molecule has 0 saturated carbocycles. The minimum Gasteiger partial charge on any atom is -0.295 e. The first-order chi connectivity index (χ1) is 4.77. The largest absolute Gasteiger partial charge is 0.295 e. The van der Waals surface area contributed by atoms with Crippen LogP contribution in [0.15, 0.2) is 4.99 Å². The van der Waals surface area contributed by atoms with Gasteiger partial charge in [0, 0.05) is 12.3 Å². The molecule has 1 heteroatoms. The summed E-state index contributed by atoms with van der Waals surface area (Å²) in [4.78, 5) is 4.23. The second-order valence-electron chi connectivity index (χ2n) is 2.18. The predicted molar refractivity (Wildman–Crippen MR) is 49.9 cm³/mol. The number of unbranched alkanes of at least 4 members (excludes halogenated alkanes) is 1. The molecule has 0 bridgehead atoms. The van der Waals surface area contributed by atoms with E-state index in [0.717, 1.165) is 6.54 Å². The van der Waals surface area contributed by atoms with E-state index in [1.165, 1.54) is 18.6 Å². The fraction of sp³-hybridized carbons (Fsp3) is 0.889. The molecule has 0 heterocycles. The van der Waals surface area contributed by atoms with E-state index in [2.05, 4.69) is 11.9 Å². The van der Waals surface area contributed by atoms with Crippen molar-refractivity contribution in [1.82, 2.24) is 0 Å². The molecule has 0 aliphatic rings. The molecule has 0 rings (SSSR count). The highest BCUT2D eigenvalue weighted by molar-refractivity contribution is 5.78. The molecule has 1 nitrogen and oxygen atoms in total. The lowest BCUT2D eigenvalue weighted by Crippen LogP contribution is -1.84. The van der Waals surface area contributed by atoms with E-state index in [-0.39, 0.29) is 0 Å². The average molecular weight is 143 g/mol. The van der Waals surface area contributed by atoms with Gasteiger partial charge in [-0.05, 0) is 20.3 Å². The van der Waals surface area contributed by atoms with E-state index < -0.39 is 0 Å². The summed E-state index contributed by atoms with van der Waals surface area (Å²) in [6.07, 6.45) is 2.47. The highest BCUT2D eigenvalue weighted by Crippen LogP contribution is 1.86. The van der Waals surface area contributed by atoms with E-state index >= 15 is 0 Å². The Balaban J connectivity index is 0. The minimum atomic E-state index is 1.01. The predicted octanol–water partition coefficient (Wildman–Crippen LogP) is 3.29. The molecule has 0 aliphatic heterocycles. The highest BCUT2D eigenvalue weighted by atomic mass is 14.7. The summed E-state index contributed by atoms with van der Waals surface area (Å²) < 4.78 is 0. The SMILES string of the molecule is CC.CCCCN=C(C)C. The quantitative estimate of drug-likeness (QED) is 0.424. The van der Waals surface area contributed by atoms with Crippen molar-refractivity contribution < 1.29 is 0 Å². The molecule has 0 amide bonds. The first kappa shape index (κ1) is 12.4. The summed E-state index contributed by atoms with van der Waals surface area (Å²) in [5.74, 6) is 0. The molecular weight excluding hydrogens is 122 g/mol. The van der Waals surface area contributed by atoms with Crippen LogP contribution in [0.5, 0.6) is 0 Å². The van der Waals surface area contributed by atoms with Crippen LogP contribution in [0.2, 0.25) is 0 Å². The maximum absolute atomic E-state index is 4.23. The molecule has 0 unspecified atom stereocenters. The van der Waals surface area contributed by atoms with Gasteiger partial charge in [0.15, 0.2) is 0 Å². The van der Waals surface area contributed by atoms with Crippen LogP contribution in [-0.4, -0.2) is 12.3 Å². The molecule has 0 aliphatic carbocycles. The Morgan fingerprint density at radius 1 is 1.20 bits per heavy atom.